The zero-order chi connectivity index (χ0) is 15.8. The van der Waals surface area contributed by atoms with Crippen LogP contribution in [-0.2, 0) is 15.1 Å². The molecular weight excluding hydrogens is 318 g/mol. The van der Waals surface area contributed by atoms with Crippen molar-refractivity contribution in [3.05, 3.63) is 24.0 Å². The van der Waals surface area contributed by atoms with Crippen LogP contribution in [0.2, 0.25) is 0 Å². The summed E-state index contributed by atoms with van der Waals surface area (Å²) < 4.78 is 6.67. The Balaban J connectivity index is 0.00000192. The lowest BCUT2D eigenvalue weighted by Gasteiger charge is -2.41. The van der Waals surface area contributed by atoms with Gasteiger partial charge < -0.3 is 31.7 Å². The van der Waals surface area contributed by atoms with E-state index in [9.17, 15) is 9.90 Å². The van der Waals surface area contributed by atoms with Crippen molar-refractivity contribution >= 4 is 5.97 Å². The number of aliphatic hydroxyl groups is 1. The minimum Gasteiger partial charge on any atom is -1.00 e. The molecule has 0 saturated carbocycles. The first-order valence-electron chi connectivity index (χ1n) is 8.02. The third-order valence-electron chi connectivity index (χ3n) is 5.26. The van der Waals surface area contributed by atoms with Crippen LogP contribution in [0.1, 0.15) is 18.9 Å². The van der Waals surface area contributed by atoms with E-state index in [0.717, 1.165) is 50.2 Å². The van der Waals surface area contributed by atoms with Crippen molar-refractivity contribution in [3.63, 3.8) is 0 Å². The van der Waals surface area contributed by atoms with Gasteiger partial charge in [0.25, 0.3) is 0 Å². The Morgan fingerprint density at radius 2 is 2.13 bits per heavy atom. The van der Waals surface area contributed by atoms with E-state index < -0.39 is 11.6 Å². The Labute approximate surface area is 143 Å². The number of aromatic nitrogens is 1. The van der Waals surface area contributed by atoms with Crippen LogP contribution in [0.25, 0.3) is 0 Å². The number of hydrogen-bond acceptors (Lipinski definition) is 4. The van der Waals surface area contributed by atoms with Gasteiger partial charge in [-0.05, 0) is 20.0 Å². The van der Waals surface area contributed by atoms with Crippen LogP contribution in [-0.4, -0.2) is 77.9 Å². The highest BCUT2D eigenvalue weighted by molar-refractivity contribution is 5.80. The number of quaternary nitrogens is 1. The standard InChI is InChI=1S/C16H26N3O3.ClH/c1-16(21,13-3-5-17-11-13)15(20)22-14-4-8-19(12-14)9-6-18(2)7-10-19;/h3,5,11,14,17,21H,4,6-10,12H2,1-2H3;1H/q+1;/p-1. The van der Waals surface area contributed by atoms with Crippen LogP contribution in [0, 0.1) is 0 Å². The van der Waals surface area contributed by atoms with Gasteiger partial charge in [0.1, 0.15) is 6.54 Å². The van der Waals surface area contributed by atoms with E-state index in [-0.39, 0.29) is 18.5 Å². The van der Waals surface area contributed by atoms with E-state index >= 15 is 0 Å². The molecule has 1 aromatic rings. The molecule has 2 aliphatic rings. The molecule has 23 heavy (non-hydrogen) atoms. The molecule has 0 amide bonds. The number of ether oxygens (including phenoxy) is 1. The zero-order valence-corrected chi connectivity index (χ0v) is 14.6. The highest BCUT2D eigenvalue weighted by Crippen LogP contribution is 2.27. The number of halogens is 1. The summed E-state index contributed by atoms with van der Waals surface area (Å²) in [7, 11) is 2.15. The fourth-order valence-electron chi connectivity index (χ4n) is 3.53. The topological polar surface area (TPSA) is 65.6 Å². The molecule has 3 heterocycles. The van der Waals surface area contributed by atoms with Crippen LogP contribution in [0.3, 0.4) is 0 Å². The van der Waals surface area contributed by atoms with Gasteiger partial charge >= 0.3 is 5.97 Å². The van der Waals surface area contributed by atoms with E-state index in [0.29, 0.717) is 5.56 Å². The van der Waals surface area contributed by atoms with Crippen molar-refractivity contribution in [3.8, 4) is 0 Å². The molecular formula is C16H26ClN3O3. The average molecular weight is 344 g/mol. The van der Waals surface area contributed by atoms with Crippen molar-refractivity contribution in [2.24, 2.45) is 0 Å². The third-order valence-corrected chi connectivity index (χ3v) is 5.26. The van der Waals surface area contributed by atoms with Gasteiger partial charge in [-0.15, -0.1) is 0 Å². The SMILES string of the molecule is CN1CC[N+]2(CCC(OC(=O)C(C)(O)c3cc[nH]c3)C2)CC1.[Cl-]. The summed E-state index contributed by atoms with van der Waals surface area (Å²) in [4.78, 5) is 17.5. The third kappa shape index (κ3) is 3.71. The fourth-order valence-corrected chi connectivity index (χ4v) is 3.53. The van der Waals surface area contributed by atoms with E-state index in [1.165, 1.54) is 6.92 Å². The molecule has 6 nitrogen and oxygen atoms in total. The van der Waals surface area contributed by atoms with Crippen molar-refractivity contribution in [1.82, 2.24) is 9.88 Å². The molecule has 1 aromatic heterocycles. The van der Waals surface area contributed by atoms with Gasteiger partial charge in [0.15, 0.2) is 11.7 Å². The number of nitrogens with one attached hydrogen (secondary N) is 1. The van der Waals surface area contributed by atoms with Gasteiger partial charge in [-0.2, -0.15) is 0 Å². The highest BCUT2D eigenvalue weighted by atomic mass is 35.5. The van der Waals surface area contributed by atoms with Gasteiger partial charge in [0.2, 0.25) is 0 Å². The molecule has 2 unspecified atom stereocenters. The maximum atomic E-state index is 12.3. The van der Waals surface area contributed by atoms with Gasteiger partial charge in [0.05, 0.1) is 19.6 Å². The predicted molar refractivity (Wildman–Crippen MR) is 82.1 cm³/mol. The molecule has 2 aliphatic heterocycles. The van der Waals surface area contributed by atoms with E-state index in [1.54, 1.807) is 18.5 Å². The number of rotatable bonds is 3. The molecule has 1 spiro atoms. The summed E-state index contributed by atoms with van der Waals surface area (Å²) in [5.74, 6) is -0.550. The number of carbonyl (C=O) groups is 1. The zero-order valence-electron chi connectivity index (χ0n) is 13.8. The average Bonchev–Trinajstić information content (AvgIpc) is 3.13. The van der Waals surface area contributed by atoms with Crippen LogP contribution < -0.4 is 12.4 Å². The van der Waals surface area contributed by atoms with Crippen LogP contribution in [0.5, 0.6) is 0 Å². The number of carbonyl (C=O) groups excluding carboxylic acids is 1. The summed E-state index contributed by atoms with van der Waals surface area (Å²) in [5.41, 5.74) is -1.05. The summed E-state index contributed by atoms with van der Waals surface area (Å²) in [5, 5.41) is 10.4. The summed E-state index contributed by atoms with van der Waals surface area (Å²) in [6.45, 7) is 7.88. The van der Waals surface area contributed by atoms with Crippen molar-refractivity contribution < 1.29 is 31.5 Å². The Morgan fingerprint density at radius 3 is 2.74 bits per heavy atom. The second kappa shape index (κ2) is 6.81. The number of aromatic amines is 1. The number of hydrogen-bond donors (Lipinski definition) is 2. The first-order chi connectivity index (χ1) is 10.4. The fraction of sp³-hybridized carbons (Fsp3) is 0.688. The van der Waals surface area contributed by atoms with Gasteiger partial charge in [-0.3, -0.25) is 4.90 Å². The molecule has 2 N–H and O–H groups in total. The molecule has 2 saturated heterocycles. The number of nitrogens with zero attached hydrogens (tertiary/aromatic N) is 2. The van der Waals surface area contributed by atoms with Gasteiger partial charge in [0, 0.05) is 37.5 Å². The molecule has 0 bridgehead atoms. The second-order valence-corrected chi connectivity index (χ2v) is 6.99. The molecule has 3 rings (SSSR count). The van der Waals surface area contributed by atoms with E-state index in [2.05, 4.69) is 16.9 Å². The Kier molecular flexibility index (Phi) is 5.41. The molecule has 7 heteroatoms. The highest BCUT2D eigenvalue weighted by Gasteiger charge is 2.44. The quantitative estimate of drug-likeness (QED) is 0.463. The Bertz CT molecular complexity index is 525. The number of H-pyrrole nitrogens is 1. The Hall–Kier alpha value is -1.08. The lowest BCUT2D eigenvalue weighted by Crippen LogP contribution is -3.00. The lowest BCUT2D eigenvalue weighted by atomic mass is 9.99. The van der Waals surface area contributed by atoms with Crippen molar-refractivity contribution in [2.75, 3.05) is 46.3 Å². The van der Waals surface area contributed by atoms with Crippen LogP contribution in [0.4, 0.5) is 0 Å². The minimum atomic E-state index is -1.59. The second-order valence-electron chi connectivity index (χ2n) is 6.99. The number of esters is 1. The van der Waals surface area contributed by atoms with Crippen molar-refractivity contribution in [1.29, 1.82) is 0 Å². The molecule has 0 aromatic carbocycles. The Morgan fingerprint density at radius 1 is 1.43 bits per heavy atom. The van der Waals surface area contributed by atoms with E-state index in [4.69, 9.17) is 4.74 Å². The monoisotopic (exact) mass is 343 g/mol. The van der Waals surface area contributed by atoms with Gasteiger partial charge in [-0.25, -0.2) is 4.79 Å². The molecule has 2 atom stereocenters. The first-order valence-corrected chi connectivity index (χ1v) is 8.02. The maximum absolute atomic E-state index is 12.3. The summed E-state index contributed by atoms with van der Waals surface area (Å²) in [6, 6.07) is 1.70. The molecule has 0 aliphatic carbocycles. The minimum absolute atomic E-state index is 0. The van der Waals surface area contributed by atoms with Crippen LogP contribution >= 0.6 is 0 Å². The molecule has 2 fully saturated rings. The van der Waals surface area contributed by atoms with E-state index in [1.807, 2.05) is 0 Å². The maximum Gasteiger partial charge on any atom is 0.343 e. The largest absolute Gasteiger partial charge is 1.00 e. The van der Waals surface area contributed by atoms with Gasteiger partial charge in [-0.1, -0.05) is 0 Å². The predicted octanol–water partition coefficient (Wildman–Crippen LogP) is -2.70. The summed E-state index contributed by atoms with van der Waals surface area (Å²) >= 11 is 0. The molecule has 130 valence electrons. The normalized spacial score (nSPS) is 26.5. The van der Waals surface area contributed by atoms with Crippen LogP contribution in [0.15, 0.2) is 18.5 Å². The number of likely N-dealkylation sites (N-methyl/N-ethyl adjacent to an activating group) is 1. The first kappa shape index (κ1) is 18.3. The smallest absolute Gasteiger partial charge is 0.343 e. The number of piperazine rings is 1. The molecule has 0 radical (unpaired) electrons. The van der Waals surface area contributed by atoms with Crippen molar-refractivity contribution in [2.45, 2.75) is 25.0 Å². The summed E-state index contributed by atoms with van der Waals surface area (Å²) in [6.07, 6.45) is 4.13. The lowest BCUT2D eigenvalue weighted by molar-refractivity contribution is -0.921.